The second-order valence-electron chi connectivity index (χ2n) is 3.90. The summed E-state index contributed by atoms with van der Waals surface area (Å²) >= 11 is 4.75. The maximum atomic E-state index is 11.8. The molecule has 0 radical (unpaired) electrons. The Kier molecular flexibility index (Phi) is 4.49. The van der Waals surface area contributed by atoms with E-state index in [1.54, 1.807) is 24.4 Å². The van der Waals surface area contributed by atoms with Crippen LogP contribution in [0.3, 0.4) is 0 Å². The number of hydrogen-bond acceptors (Lipinski definition) is 4. The van der Waals surface area contributed by atoms with Crippen molar-refractivity contribution in [3.8, 4) is 0 Å². The number of nitrogen functional groups attached to an aromatic ring is 1. The number of carbonyl (C=O) groups is 1. The van der Waals surface area contributed by atoms with Gasteiger partial charge in [-0.05, 0) is 34.1 Å². The van der Waals surface area contributed by atoms with Crippen LogP contribution in [-0.4, -0.2) is 21.2 Å². The van der Waals surface area contributed by atoms with Crippen LogP contribution in [0, 0.1) is 0 Å². The molecule has 0 atom stereocenters. The van der Waals surface area contributed by atoms with Crippen LogP contribution in [0.2, 0.25) is 0 Å². The average molecular weight is 341 g/mol. The van der Waals surface area contributed by atoms with E-state index in [0.717, 1.165) is 9.63 Å². The third-order valence-corrected chi connectivity index (χ3v) is 4.09. The molecular weight excluding hydrogens is 328 g/mol. The Bertz CT molecular complexity index is 599. The molecule has 2 rings (SSSR count). The van der Waals surface area contributed by atoms with Gasteiger partial charge < -0.3 is 15.6 Å². The first-order valence-electron chi connectivity index (χ1n) is 5.51. The zero-order valence-electron chi connectivity index (χ0n) is 10.3. The lowest BCUT2D eigenvalue weighted by Gasteiger charge is -2.07. The number of benzene rings is 1. The van der Waals surface area contributed by atoms with Crippen LogP contribution in [0.5, 0.6) is 0 Å². The number of aryl methyl sites for hydroxylation is 1. The molecule has 100 valence electrons. The van der Waals surface area contributed by atoms with E-state index in [1.807, 2.05) is 17.8 Å². The van der Waals surface area contributed by atoms with E-state index in [0.29, 0.717) is 17.1 Å². The highest BCUT2D eigenvalue weighted by atomic mass is 79.9. The predicted octanol–water partition coefficient (Wildman–Crippen LogP) is 2.50. The van der Waals surface area contributed by atoms with Crippen LogP contribution in [0.4, 0.5) is 11.4 Å². The summed E-state index contributed by atoms with van der Waals surface area (Å²) in [4.78, 5) is 16.0. The fraction of sp³-hybridized carbons (Fsp3) is 0.167. The predicted molar refractivity (Wildman–Crippen MR) is 81.1 cm³/mol. The Morgan fingerprint density at radius 2 is 2.37 bits per heavy atom. The summed E-state index contributed by atoms with van der Waals surface area (Å²) in [6, 6.07) is 5.26. The SMILES string of the molecule is Cn1ccnc1SCC(=O)Nc1ccc(N)cc1Br. The van der Waals surface area contributed by atoms with Crippen molar-refractivity contribution in [2.75, 3.05) is 16.8 Å². The molecule has 0 bridgehead atoms. The van der Waals surface area contributed by atoms with Crippen LogP contribution in [0.25, 0.3) is 0 Å². The van der Waals surface area contributed by atoms with E-state index in [1.165, 1.54) is 11.8 Å². The molecule has 3 N–H and O–H groups in total. The lowest BCUT2D eigenvalue weighted by atomic mass is 10.3. The molecule has 2 aromatic rings. The number of nitrogens with two attached hydrogens (primary N) is 1. The number of aromatic nitrogens is 2. The van der Waals surface area contributed by atoms with Gasteiger partial charge in [-0.25, -0.2) is 4.98 Å². The molecular formula is C12H13BrN4OS. The first-order chi connectivity index (χ1) is 9.06. The van der Waals surface area contributed by atoms with Crippen LogP contribution < -0.4 is 11.1 Å². The first kappa shape index (κ1) is 14.0. The van der Waals surface area contributed by atoms with Gasteiger partial charge in [0.2, 0.25) is 5.91 Å². The Morgan fingerprint density at radius 3 is 3.00 bits per heavy atom. The standard InChI is InChI=1S/C12H13BrN4OS/c1-17-5-4-15-12(17)19-7-11(18)16-10-3-2-8(14)6-9(10)13/h2-6H,7,14H2,1H3,(H,16,18). The first-order valence-corrected chi connectivity index (χ1v) is 7.29. The molecule has 0 saturated carbocycles. The van der Waals surface area contributed by atoms with Gasteiger partial charge >= 0.3 is 0 Å². The van der Waals surface area contributed by atoms with E-state index in [-0.39, 0.29) is 5.91 Å². The summed E-state index contributed by atoms with van der Waals surface area (Å²) < 4.78 is 2.64. The largest absolute Gasteiger partial charge is 0.399 e. The van der Waals surface area contributed by atoms with Gasteiger partial charge in [0.15, 0.2) is 5.16 Å². The smallest absolute Gasteiger partial charge is 0.234 e. The van der Waals surface area contributed by atoms with Gasteiger partial charge in [0.1, 0.15) is 0 Å². The van der Waals surface area contributed by atoms with E-state index in [9.17, 15) is 4.79 Å². The van der Waals surface area contributed by atoms with Crippen LogP contribution >= 0.6 is 27.7 Å². The number of nitrogens with one attached hydrogen (secondary N) is 1. The van der Waals surface area contributed by atoms with Crippen LogP contribution in [0.15, 0.2) is 40.2 Å². The average Bonchev–Trinajstić information content (AvgIpc) is 2.76. The zero-order chi connectivity index (χ0) is 13.8. The van der Waals surface area contributed by atoms with Crippen LogP contribution in [0.1, 0.15) is 0 Å². The van der Waals surface area contributed by atoms with Gasteiger partial charge in [0.25, 0.3) is 0 Å². The van der Waals surface area contributed by atoms with Crippen molar-refractivity contribution >= 4 is 45.0 Å². The molecule has 1 amide bonds. The fourth-order valence-electron chi connectivity index (χ4n) is 1.44. The number of halogens is 1. The Hall–Kier alpha value is -1.47. The topological polar surface area (TPSA) is 72.9 Å². The minimum absolute atomic E-state index is 0.0847. The quantitative estimate of drug-likeness (QED) is 0.662. The second-order valence-corrected chi connectivity index (χ2v) is 5.69. The summed E-state index contributed by atoms with van der Waals surface area (Å²) in [5.41, 5.74) is 6.99. The molecule has 0 aliphatic rings. The number of thioether (sulfide) groups is 1. The number of nitrogens with zero attached hydrogens (tertiary/aromatic N) is 2. The second kappa shape index (κ2) is 6.12. The van der Waals surface area contributed by atoms with E-state index >= 15 is 0 Å². The molecule has 0 unspecified atom stereocenters. The van der Waals surface area contributed by atoms with Gasteiger partial charge in [0, 0.05) is 29.6 Å². The van der Waals surface area contributed by atoms with Gasteiger partial charge in [-0.2, -0.15) is 0 Å². The zero-order valence-corrected chi connectivity index (χ0v) is 12.7. The Balaban J connectivity index is 1.93. The summed E-state index contributed by atoms with van der Waals surface area (Å²) in [6.45, 7) is 0. The highest BCUT2D eigenvalue weighted by Gasteiger charge is 2.08. The number of rotatable bonds is 4. The van der Waals surface area contributed by atoms with Crippen molar-refractivity contribution in [3.05, 3.63) is 35.1 Å². The molecule has 0 saturated heterocycles. The Labute approximate surface area is 123 Å². The van der Waals surface area contributed by atoms with Crippen molar-refractivity contribution in [2.24, 2.45) is 7.05 Å². The molecule has 1 aromatic carbocycles. The number of anilines is 2. The van der Waals surface area contributed by atoms with E-state index in [2.05, 4.69) is 26.2 Å². The summed E-state index contributed by atoms with van der Waals surface area (Å²) in [6.07, 6.45) is 3.55. The fourth-order valence-corrected chi connectivity index (χ4v) is 2.67. The monoisotopic (exact) mass is 340 g/mol. The minimum Gasteiger partial charge on any atom is -0.399 e. The molecule has 0 aliphatic heterocycles. The number of amides is 1. The van der Waals surface area contributed by atoms with Gasteiger partial charge in [-0.3, -0.25) is 4.79 Å². The van der Waals surface area contributed by atoms with Gasteiger partial charge in [0.05, 0.1) is 11.4 Å². The lowest BCUT2D eigenvalue weighted by molar-refractivity contribution is -0.113. The number of imidazole rings is 1. The molecule has 1 aromatic heterocycles. The molecule has 0 fully saturated rings. The molecule has 7 heteroatoms. The van der Waals surface area contributed by atoms with Crippen molar-refractivity contribution in [3.63, 3.8) is 0 Å². The van der Waals surface area contributed by atoms with Gasteiger partial charge in [-0.1, -0.05) is 11.8 Å². The molecule has 1 heterocycles. The Morgan fingerprint density at radius 1 is 1.58 bits per heavy atom. The highest BCUT2D eigenvalue weighted by Crippen LogP contribution is 2.25. The van der Waals surface area contributed by atoms with Gasteiger partial charge in [-0.15, -0.1) is 0 Å². The lowest BCUT2D eigenvalue weighted by Crippen LogP contribution is -2.14. The molecule has 0 spiro atoms. The minimum atomic E-state index is -0.0847. The van der Waals surface area contributed by atoms with E-state index in [4.69, 9.17) is 5.73 Å². The maximum absolute atomic E-state index is 11.8. The highest BCUT2D eigenvalue weighted by molar-refractivity contribution is 9.10. The normalized spacial score (nSPS) is 10.4. The van der Waals surface area contributed by atoms with Crippen molar-refractivity contribution in [2.45, 2.75) is 5.16 Å². The van der Waals surface area contributed by atoms with E-state index < -0.39 is 0 Å². The van der Waals surface area contributed by atoms with Crippen LogP contribution in [-0.2, 0) is 11.8 Å². The number of hydrogen-bond donors (Lipinski definition) is 2. The molecule has 5 nitrogen and oxygen atoms in total. The summed E-state index contributed by atoms with van der Waals surface area (Å²) in [5.74, 6) is 0.222. The molecule has 0 aliphatic carbocycles. The number of carbonyl (C=O) groups excluding carboxylic acids is 1. The third-order valence-electron chi connectivity index (χ3n) is 2.38. The summed E-state index contributed by atoms with van der Waals surface area (Å²) in [7, 11) is 1.89. The molecule has 19 heavy (non-hydrogen) atoms. The maximum Gasteiger partial charge on any atom is 0.234 e. The third kappa shape index (κ3) is 3.74. The van der Waals surface area contributed by atoms with Crippen molar-refractivity contribution < 1.29 is 4.79 Å². The van der Waals surface area contributed by atoms with Crippen molar-refractivity contribution in [1.82, 2.24) is 9.55 Å². The summed E-state index contributed by atoms with van der Waals surface area (Å²) in [5, 5.41) is 3.63. The van der Waals surface area contributed by atoms with Crippen molar-refractivity contribution in [1.29, 1.82) is 0 Å².